The summed E-state index contributed by atoms with van der Waals surface area (Å²) in [5.74, 6) is -0.206. The zero-order chi connectivity index (χ0) is 11.3. The lowest BCUT2D eigenvalue weighted by Crippen LogP contribution is -2.25. The van der Waals surface area contributed by atoms with Crippen LogP contribution in [0.4, 0.5) is 4.39 Å². The molecule has 0 radical (unpaired) electrons. The van der Waals surface area contributed by atoms with Crippen molar-refractivity contribution in [2.45, 2.75) is 25.7 Å². The maximum absolute atomic E-state index is 13.4. The summed E-state index contributed by atoms with van der Waals surface area (Å²) < 4.78 is 13.9. The molecule has 1 saturated carbocycles. The minimum atomic E-state index is -0.206. The number of halogens is 2. The molecule has 1 aromatic rings. The molecule has 1 unspecified atom stereocenters. The SMILES string of the molecule is CC1(C)CC1(CN)c1ccc(Br)c(F)c1. The van der Waals surface area contributed by atoms with Crippen molar-refractivity contribution in [1.29, 1.82) is 0 Å². The Labute approximate surface area is 98.0 Å². The summed E-state index contributed by atoms with van der Waals surface area (Å²) in [7, 11) is 0. The minimum Gasteiger partial charge on any atom is -0.330 e. The van der Waals surface area contributed by atoms with E-state index in [-0.39, 0.29) is 16.6 Å². The predicted octanol–water partition coefficient (Wildman–Crippen LogP) is 3.21. The molecule has 0 bridgehead atoms. The highest BCUT2D eigenvalue weighted by molar-refractivity contribution is 9.10. The Morgan fingerprint density at radius 1 is 1.47 bits per heavy atom. The van der Waals surface area contributed by atoms with Gasteiger partial charge in [0.25, 0.3) is 0 Å². The average molecular weight is 272 g/mol. The van der Waals surface area contributed by atoms with Crippen LogP contribution < -0.4 is 5.73 Å². The number of rotatable bonds is 2. The standard InChI is InChI=1S/C12H15BrFN/c1-11(2)6-12(11,7-15)8-3-4-9(13)10(14)5-8/h3-5H,6-7,15H2,1-2H3. The quantitative estimate of drug-likeness (QED) is 0.879. The van der Waals surface area contributed by atoms with Crippen molar-refractivity contribution in [3.8, 4) is 0 Å². The summed E-state index contributed by atoms with van der Waals surface area (Å²) in [5, 5.41) is 0. The molecule has 1 fully saturated rings. The molecule has 1 nitrogen and oxygen atoms in total. The molecule has 1 aromatic carbocycles. The molecule has 0 aromatic heterocycles. The van der Waals surface area contributed by atoms with Crippen LogP contribution in [0.1, 0.15) is 25.8 Å². The monoisotopic (exact) mass is 271 g/mol. The third-order valence-corrected chi connectivity index (χ3v) is 4.38. The van der Waals surface area contributed by atoms with E-state index >= 15 is 0 Å². The van der Waals surface area contributed by atoms with Crippen molar-refractivity contribution >= 4 is 15.9 Å². The number of hydrogen-bond donors (Lipinski definition) is 1. The predicted molar refractivity (Wildman–Crippen MR) is 63.2 cm³/mol. The van der Waals surface area contributed by atoms with E-state index in [4.69, 9.17) is 5.73 Å². The third kappa shape index (κ3) is 1.53. The van der Waals surface area contributed by atoms with Gasteiger partial charge in [-0.2, -0.15) is 0 Å². The summed E-state index contributed by atoms with van der Waals surface area (Å²) in [6, 6.07) is 5.33. The fourth-order valence-electron chi connectivity index (χ4n) is 2.46. The molecule has 0 saturated heterocycles. The Kier molecular flexibility index (Phi) is 2.43. The number of nitrogens with two attached hydrogens (primary N) is 1. The van der Waals surface area contributed by atoms with Crippen LogP contribution in [0, 0.1) is 11.2 Å². The van der Waals surface area contributed by atoms with Crippen molar-refractivity contribution in [2.24, 2.45) is 11.1 Å². The van der Waals surface area contributed by atoms with Gasteiger partial charge in [0.2, 0.25) is 0 Å². The number of hydrogen-bond acceptors (Lipinski definition) is 1. The molecule has 15 heavy (non-hydrogen) atoms. The van der Waals surface area contributed by atoms with E-state index in [1.165, 1.54) is 0 Å². The first-order valence-corrected chi connectivity index (χ1v) is 5.88. The van der Waals surface area contributed by atoms with Crippen molar-refractivity contribution in [3.63, 3.8) is 0 Å². The van der Waals surface area contributed by atoms with Gasteiger partial charge in [-0.05, 0) is 45.5 Å². The summed E-state index contributed by atoms with van der Waals surface area (Å²) >= 11 is 3.16. The van der Waals surface area contributed by atoms with Gasteiger partial charge in [0, 0.05) is 12.0 Å². The maximum atomic E-state index is 13.4. The van der Waals surface area contributed by atoms with E-state index in [0.717, 1.165) is 12.0 Å². The fourth-order valence-corrected chi connectivity index (χ4v) is 2.71. The first-order chi connectivity index (χ1) is 6.93. The van der Waals surface area contributed by atoms with Gasteiger partial charge in [-0.3, -0.25) is 0 Å². The molecule has 3 heteroatoms. The highest BCUT2D eigenvalue weighted by Gasteiger charge is 2.60. The molecule has 2 N–H and O–H groups in total. The average Bonchev–Trinajstić information content (AvgIpc) is 2.75. The molecule has 0 amide bonds. The van der Waals surface area contributed by atoms with E-state index < -0.39 is 0 Å². The smallest absolute Gasteiger partial charge is 0.137 e. The highest BCUT2D eigenvalue weighted by atomic mass is 79.9. The van der Waals surface area contributed by atoms with Crippen LogP contribution in [0.2, 0.25) is 0 Å². The normalized spacial score (nSPS) is 27.8. The van der Waals surface area contributed by atoms with Crippen molar-refractivity contribution in [1.82, 2.24) is 0 Å². The van der Waals surface area contributed by atoms with E-state index in [1.807, 2.05) is 6.07 Å². The summed E-state index contributed by atoms with van der Waals surface area (Å²) in [6.45, 7) is 4.95. The Morgan fingerprint density at radius 2 is 2.07 bits per heavy atom. The van der Waals surface area contributed by atoms with Crippen molar-refractivity contribution < 1.29 is 4.39 Å². The lowest BCUT2D eigenvalue weighted by Gasteiger charge is -2.19. The van der Waals surface area contributed by atoms with Gasteiger partial charge in [0.15, 0.2) is 0 Å². The largest absolute Gasteiger partial charge is 0.330 e. The lowest BCUT2D eigenvalue weighted by molar-refractivity contribution is 0.499. The molecular formula is C12H15BrFN. The van der Waals surface area contributed by atoms with Gasteiger partial charge in [-0.25, -0.2) is 4.39 Å². The van der Waals surface area contributed by atoms with Gasteiger partial charge in [-0.1, -0.05) is 19.9 Å². The molecule has 82 valence electrons. The van der Waals surface area contributed by atoms with Crippen LogP contribution in [-0.4, -0.2) is 6.54 Å². The molecule has 0 aliphatic heterocycles. The van der Waals surface area contributed by atoms with E-state index in [1.54, 1.807) is 12.1 Å². The van der Waals surface area contributed by atoms with Gasteiger partial charge in [-0.15, -0.1) is 0 Å². The Hall–Kier alpha value is -0.410. The zero-order valence-electron chi connectivity index (χ0n) is 8.98. The molecule has 1 aliphatic carbocycles. The van der Waals surface area contributed by atoms with Crippen LogP contribution in [-0.2, 0) is 5.41 Å². The van der Waals surface area contributed by atoms with Gasteiger partial charge in [0.1, 0.15) is 5.82 Å². The highest BCUT2D eigenvalue weighted by Crippen LogP contribution is 2.63. The summed E-state index contributed by atoms with van der Waals surface area (Å²) in [5.41, 5.74) is 7.03. The Morgan fingerprint density at radius 3 is 2.47 bits per heavy atom. The molecule has 0 heterocycles. The second kappa shape index (κ2) is 3.29. The van der Waals surface area contributed by atoms with Gasteiger partial charge in [0.05, 0.1) is 4.47 Å². The molecule has 0 spiro atoms. The Bertz CT molecular complexity index is 403. The van der Waals surface area contributed by atoms with Gasteiger partial charge >= 0.3 is 0 Å². The van der Waals surface area contributed by atoms with Crippen LogP contribution in [0.15, 0.2) is 22.7 Å². The lowest BCUT2D eigenvalue weighted by atomic mass is 9.88. The van der Waals surface area contributed by atoms with E-state index in [9.17, 15) is 4.39 Å². The van der Waals surface area contributed by atoms with Crippen molar-refractivity contribution in [3.05, 3.63) is 34.1 Å². The van der Waals surface area contributed by atoms with Crippen LogP contribution in [0.3, 0.4) is 0 Å². The minimum absolute atomic E-state index is 0.0193. The first-order valence-electron chi connectivity index (χ1n) is 5.08. The Balaban J connectivity index is 2.42. The van der Waals surface area contributed by atoms with Gasteiger partial charge < -0.3 is 5.73 Å². The second-order valence-corrected chi connectivity index (χ2v) is 5.83. The maximum Gasteiger partial charge on any atom is 0.137 e. The van der Waals surface area contributed by atoms with E-state index in [0.29, 0.717) is 11.0 Å². The van der Waals surface area contributed by atoms with Crippen LogP contribution >= 0.6 is 15.9 Å². The van der Waals surface area contributed by atoms with Crippen LogP contribution in [0.25, 0.3) is 0 Å². The van der Waals surface area contributed by atoms with E-state index in [2.05, 4.69) is 29.8 Å². The fraction of sp³-hybridized carbons (Fsp3) is 0.500. The zero-order valence-corrected chi connectivity index (χ0v) is 10.6. The topological polar surface area (TPSA) is 26.0 Å². The molecule has 2 rings (SSSR count). The summed E-state index contributed by atoms with van der Waals surface area (Å²) in [6.07, 6.45) is 1.04. The molecular weight excluding hydrogens is 257 g/mol. The molecule has 1 aliphatic rings. The summed E-state index contributed by atoms with van der Waals surface area (Å²) in [4.78, 5) is 0. The first kappa shape index (κ1) is 11.1. The second-order valence-electron chi connectivity index (χ2n) is 4.98. The molecule has 1 atom stereocenters. The third-order valence-electron chi connectivity index (χ3n) is 3.73. The number of benzene rings is 1. The van der Waals surface area contributed by atoms with Crippen LogP contribution in [0.5, 0.6) is 0 Å². The van der Waals surface area contributed by atoms with Crippen molar-refractivity contribution in [2.75, 3.05) is 6.54 Å².